The van der Waals surface area contributed by atoms with E-state index in [4.69, 9.17) is 14.2 Å². The van der Waals surface area contributed by atoms with Gasteiger partial charge in [-0.1, -0.05) is 0 Å². The van der Waals surface area contributed by atoms with Gasteiger partial charge in [-0.05, 0) is 34.2 Å². The molecule has 2 aliphatic heterocycles. The van der Waals surface area contributed by atoms with Crippen molar-refractivity contribution in [2.45, 2.75) is 57.6 Å². The number of likely N-dealkylation sites (N-methyl/N-ethyl adjacent to an activating group) is 1. The molecular weight excluding hydrogens is 206 g/mol. The zero-order valence-corrected chi connectivity index (χ0v) is 10.7. The van der Waals surface area contributed by atoms with Gasteiger partial charge in [0.15, 0.2) is 0 Å². The third-order valence-electron chi connectivity index (χ3n) is 3.59. The van der Waals surface area contributed by atoms with E-state index in [2.05, 4.69) is 32.7 Å². The van der Waals surface area contributed by atoms with Crippen LogP contribution in [0.5, 0.6) is 0 Å². The van der Waals surface area contributed by atoms with Crippen LogP contribution in [0.3, 0.4) is 0 Å². The Morgan fingerprint density at radius 3 is 2.56 bits per heavy atom. The maximum Gasteiger partial charge on any atom is 0.147 e. The molecule has 0 bridgehead atoms. The Labute approximate surface area is 97.8 Å². The van der Waals surface area contributed by atoms with Crippen LogP contribution in [-0.4, -0.2) is 55.7 Å². The summed E-state index contributed by atoms with van der Waals surface area (Å²) in [6.45, 7) is 7.67. The highest BCUT2D eigenvalue weighted by Crippen LogP contribution is 2.27. The second-order valence-electron chi connectivity index (χ2n) is 5.12. The van der Waals surface area contributed by atoms with E-state index in [1.807, 2.05) is 0 Å². The lowest BCUT2D eigenvalue weighted by molar-refractivity contribution is -0.220. The lowest BCUT2D eigenvalue weighted by Crippen LogP contribution is -2.57. The molecule has 0 amide bonds. The van der Waals surface area contributed by atoms with Gasteiger partial charge < -0.3 is 14.2 Å². The maximum absolute atomic E-state index is 5.82. The van der Waals surface area contributed by atoms with Gasteiger partial charge >= 0.3 is 0 Å². The van der Waals surface area contributed by atoms with Crippen molar-refractivity contribution in [3.63, 3.8) is 0 Å². The Balaban J connectivity index is 2.09. The fraction of sp³-hybridized carbons (Fsp3) is 1.00. The van der Waals surface area contributed by atoms with Crippen LogP contribution in [0.15, 0.2) is 0 Å². The molecule has 0 N–H and O–H groups in total. The molecule has 0 spiro atoms. The number of ether oxygens (including phenoxy) is 3. The summed E-state index contributed by atoms with van der Waals surface area (Å²) in [7, 11) is 2.15. The van der Waals surface area contributed by atoms with E-state index < -0.39 is 0 Å². The van der Waals surface area contributed by atoms with Gasteiger partial charge in [0.25, 0.3) is 0 Å². The summed E-state index contributed by atoms with van der Waals surface area (Å²) >= 11 is 0. The van der Waals surface area contributed by atoms with Crippen molar-refractivity contribution >= 4 is 0 Å². The first-order valence-electron chi connectivity index (χ1n) is 6.17. The Kier molecular flexibility index (Phi) is 3.85. The highest BCUT2D eigenvalue weighted by atomic mass is 16.7. The number of rotatable bonds is 0. The SMILES string of the molecule is CC1CN(C)C2CC(C)OC(C)C2OCO1. The van der Waals surface area contributed by atoms with Crippen molar-refractivity contribution in [1.82, 2.24) is 4.90 Å². The summed E-state index contributed by atoms with van der Waals surface area (Å²) in [5.41, 5.74) is 0. The first-order chi connectivity index (χ1) is 7.58. The van der Waals surface area contributed by atoms with Gasteiger partial charge in [0, 0.05) is 12.6 Å². The normalized spacial score (nSPS) is 46.9. The van der Waals surface area contributed by atoms with Crippen molar-refractivity contribution in [3.8, 4) is 0 Å². The van der Waals surface area contributed by atoms with Crippen LogP contribution in [0.4, 0.5) is 0 Å². The molecule has 0 aromatic rings. The van der Waals surface area contributed by atoms with Gasteiger partial charge in [0.1, 0.15) is 12.9 Å². The molecular formula is C12H23NO3. The third kappa shape index (κ3) is 2.56. The van der Waals surface area contributed by atoms with Gasteiger partial charge in [0.05, 0.1) is 18.3 Å². The van der Waals surface area contributed by atoms with E-state index >= 15 is 0 Å². The van der Waals surface area contributed by atoms with E-state index in [1.54, 1.807) is 0 Å². The second-order valence-corrected chi connectivity index (χ2v) is 5.12. The molecule has 5 unspecified atom stereocenters. The standard InChI is InChI=1S/C12H23NO3/c1-8-5-11-12(10(3)16-8)15-7-14-9(2)6-13(11)4/h8-12H,5-7H2,1-4H3. The highest BCUT2D eigenvalue weighted by molar-refractivity contribution is 4.90. The van der Waals surface area contributed by atoms with Crippen molar-refractivity contribution in [3.05, 3.63) is 0 Å². The van der Waals surface area contributed by atoms with Crippen LogP contribution in [0.25, 0.3) is 0 Å². The molecule has 4 nitrogen and oxygen atoms in total. The molecule has 0 aromatic carbocycles. The minimum atomic E-state index is 0.133. The summed E-state index contributed by atoms with van der Waals surface area (Å²) in [6, 6.07) is 0.449. The smallest absolute Gasteiger partial charge is 0.147 e. The van der Waals surface area contributed by atoms with Crippen molar-refractivity contribution in [2.75, 3.05) is 20.4 Å². The number of nitrogens with zero attached hydrogens (tertiary/aromatic N) is 1. The van der Waals surface area contributed by atoms with Crippen LogP contribution in [0.1, 0.15) is 27.2 Å². The minimum Gasteiger partial charge on any atom is -0.373 e. The van der Waals surface area contributed by atoms with Crippen LogP contribution >= 0.6 is 0 Å². The van der Waals surface area contributed by atoms with Gasteiger partial charge in [-0.2, -0.15) is 0 Å². The molecule has 2 rings (SSSR count). The third-order valence-corrected chi connectivity index (χ3v) is 3.59. The molecule has 0 aromatic heterocycles. The Morgan fingerprint density at radius 2 is 1.81 bits per heavy atom. The topological polar surface area (TPSA) is 30.9 Å². The van der Waals surface area contributed by atoms with Gasteiger partial charge in [-0.3, -0.25) is 4.90 Å². The largest absolute Gasteiger partial charge is 0.373 e. The second kappa shape index (κ2) is 5.00. The van der Waals surface area contributed by atoms with Gasteiger partial charge in [-0.25, -0.2) is 0 Å². The van der Waals surface area contributed by atoms with E-state index in [-0.39, 0.29) is 18.3 Å². The lowest BCUT2D eigenvalue weighted by atomic mass is 9.95. The molecule has 16 heavy (non-hydrogen) atoms. The van der Waals surface area contributed by atoms with Gasteiger partial charge in [-0.15, -0.1) is 0 Å². The summed E-state index contributed by atoms with van der Waals surface area (Å²) in [5, 5.41) is 0. The summed E-state index contributed by atoms with van der Waals surface area (Å²) < 4.78 is 17.2. The van der Waals surface area contributed by atoms with Crippen LogP contribution in [0.2, 0.25) is 0 Å². The molecule has 94 valence electrons. The Morgan fingerprint density at radius 1 is 1.06 bits per heavy atom. The predicted molar refractivity (Wildman–Crippen MR) is 61.3 cm³/mol. The molecule has 0 saturated carbocycles. The fourth-order valence-electron chi connectivity index (χ4n) is 2.79. The molecule has 4 heteroatoms. The Hall–Kier alpha value is -0.160. The Bertz CT molecular complexity index is 236. The molecule has 2 fully saturated rings. The van der Waals surface area contributed by atoms with Crippen molar-refractivity contribution < 1.29 is 14.2 Å². The summed E-state index contributed by atoms with van der Waals surface area (Å²) in [5.74, 6) is 0. The van der Waals surface area contributed by atoms with Crippen molar-refractivity contribution in [1.29, 1.82) is 0 Å². The maximum atomic E-state index is 5.82. The molecule has 5 atom stereocenters. The number of fused-ring (bicyclic) bond motifs is 1. The van der Waals surface area contributed by atoms with E-state index in [1.165, 1.54) is 0 Å². The van der Waals surface area contributed by atoms with E-state index in [0.717, 1.165) is 13.0 Å². The quantitative estimate of drug-likeness (QED) is 0.625. The predicted octanol–water partition coefficient (Wildman–Crippen LogP) is 1.25. The molecule has 2 heterocycles. The zero-order valence-electron chi connectivity index (χ0n) is 10.7. The average molecular weight is 229 g/mol. The van der Waals surface area contributed by atoms with Crippen LogP contribution < -0.4 is 0 Å². The average Bonchev–Trinajstić information content (AvgIpc) is 2.18. The minimum absolute atomic E-state index is 0.133. The first-order valence-corrected chi connectivity index (χ1v) is 6.17. The van der Waals surface area contributed by atoms with Crippen LogP contribution in [-0.2, 0) is 14.2 Å². The van der Waals surface area contributed by atoms with E-state index in [9.17, 15) is 0 Å². The fourth-order valence-corrected chi connectivity index (χ4v) is 2.79. The van der Waals surface area contributed by atoms with E-state index in [0.29, 0.717) is 18.9 Å². The summed E-state index contributed by atoms with van der Waals surface area (Å²) in [6.07, 6.45) is 1.87. The molecule has 2 saturated heterocycles. The molecule has 2 aliphatic rings. The highest BCUT2D eigenvalue weighted by Gasteiger charge is 2.39. The van der Waals surface area contributed by atoms with Crippen LogP contribution in [0, 0.1) is 0 Å². The molecule has 0 aliphatic carbocycles. The lowest BCUT2D eigenvalue weighted by Gasteiger charge is -2.45. The van der Waals surface area contributed by atoms with Gasteiger partial charge in [0.2, 0.25) is 0 Å². The molecule has 0 radical (unpaired) electrons. The monoisotopic (exact) mass is 229 g/mol. The zero-order chi connectivity index (χ0) is 11.7. The van der Waals surface area contributed by atoms with Crippen molar-refractivity contribution in [2.24, 2.45) is 0 Å². The number of hydrogen-bond donors (Lipinski definition) is 0. The number of hydrogen-bond acceptors (Lipinski definition) is 4. The summed E-state index contributed by atoms with van der Waals surface area (Å²) in [4.78, 5) is 2.35. The first kappa shape index (κ1) is 12.3.